The third-order valence-corrected chi connectivity index (χ3v) is 2.73. The summed E-state index contributed by atoms with van der Waals surface area (Å²) >= 11 is 11.9. The SMILES string of the molecule is CNc1cc(Oc2cc(Cl)ccc2Cl)nc(C)n1. The van der Waals surface area contributed by atoms with Gasteiger partial charge in [-0.1, -0.05) is 23.2 Å². The molecule has 2 rings (SSSR count). The van der Waals surface area contributed by atoms with Crippen molar-refractivity contribution in [2.45, 2.75) is 6.92 Å². The molecule has 0 amide bonds. The highest BCUT2D eigenvalue weighted by atomic mass is 35.5. The van der Waals surface area contributed by atoms with Gasteiger partial charge in [0.15, 0.2) is 0 Å². The van der Waals surface area contributed by atoms with Crippen LogP contribution in [0.1, 0.15) is 5.82 Å². The second kappa shape index (κ2) is 5.42. The first-order valence-corrected chi connectivity index (χ1v) is 6.00. The van der Waals surface area contributed by atoms with Gasteiger partial charge in [-0.05, 0) is 19.1 Å². The fourth-order valence-electron chi connectivity index (χ4n) is 1.39. The predicted octanol–water partition coefficient (Wildman–Crippen LogP) is 3.93. The van der Waals surface area contributed by atoms with E-state index in [9.17, 15) is 0 Å². The van der Waals surface area contributed by atoms with E-state index < -0.39 is 0 Å². The van der Waals surface area contributed by atoms with Crippen LogP contribution >= 0.6 is 23.2 Å². The first-order valence-electron chi connectivity index (χ1n) is 5.25. The molecule has 0 radical (unpaired) electrons. The summed E-state index contributed by atoms with van der Waals surface area (Å²) in [5.74, 6) is 2.16. The van der Waals surface area contributed by atoms with Crippen LogP contribution < -0.4 is 10.1 Å². The number of hydrogen-bond donors (Lipinski definition) is 1. The summed E-state index contributed by atoms with van der Waals surface area (Å²) in [7, 11) is 1.78. The monoisotopic (exact) mass is 283 g/mol. The summed E-state index contributed by atoms with van der Waals surface area (Å²) in [4.78, 5) is 8.35. The molecule has 1 aromatic carbocycles. The van der Waals surface area contributed by atoms with Gasteiger partial charge in [-0.15, -0.1) is 0 Å². The largest absolute Gasteiger partial charge is 0.437 e. The van der Waals surface area contributed by atoms with Gasteiger partial charge in [0, 0.05) is 24.2 Å². The molecule has 4 nitrogen and oxygen atoms in total. The molecule has 0 aliphatic heterocycles. The van der Waals surface area contributed by atoms with Crippen molar-refractivity contribution in [1.29, 1.82) is 0 Å². The maximum Gasteiger partial charge on any atom is 0.224 e. The van der Waals surface area contributed by atoms with Crippen molar-refractivity contribution in [3.05, 3.63) is 40.1 Å². The maximum atomic E-state index is 6.02. The molecule has 0 saturated carbocycles. The highest BCUT2D eigenvalue weighted by Crippen LogP contribution is 2.31. The van der Waals surface area contributed by atoms with Crippen LogP contribution in [0.5, 0.6) is 11.6 Å². The molecule has 0 spiro atoms. The van der Waals surface area contributed by atoms with Gasteiger partial charge in [-0.25, -0.2) is 4.98 Å². The third kappa shape index (κ3) is 3.03. The Kier molecular flexibility index (Phi) is 3.89. The number of halogens is 2. The Labute approximate surface area is 115 Å². The highest BCUT2D eigenvalue weighted by molar-refractivity contribution is 6.34. The maximum absolute atomic E-state index is 6.02. The van der Waals surface area contributed by atoms with Gasteiger partial charge in [0.25, 0.3) is 0 Å². The molecule has 0 unspecified atom stereocenters. The summed E-state index contributed by atoms with van der Waals surface area (Å²) in [5, 5.41) is 3.95. The fourth-order valence-corrected chi connectivity index (χ4v) is 1.71. The lowest BCUT2D eigenvalue weighted by Gasteiger charge is -2.09. The van der Waals surface area contributed by atoms with E-state index in [0.29, 0.717) is 33.3 Å². The second-order valence-corrected chi connectivity index (χ2v) is 4.41. The first kappa shape index (κ1) is 12.9. The van der Waals surface area contributed by atoms with Gasteiger partial charge < -0.3 is 10.1 Å². The third-order valence-electron chi connectivity index (χ3n) is 2.18. The van der Waals surface area contributed by atoms with Crippen molar-refractivity contribution in [2.75, 3.05) is 12.4 Å². The number of nitrogens with zero attached hydrogens (tertiary/aromatic N) is 2. The Bertz CT molecular complexity index is 575. The Hall–Kier alpha value is -1.52. The predicted molar refractivity (Wildman–Crippen MR) is 72.9 cm³/mol. The van der Waals surface area contributed by atoms with Gasteiger partial charge in [0.1, 0.15) is 17.4 Å². The highest BCUT2D eigenvalue weighted by Gasteiger charge is 2.07. The average Bonchev–Trinajstić information content (AvgIpc) is 2.33. The van der Waals surface area contributed by atoms with E-state index in [2.05, 4.69) is 15.3 Å². The standard InChI is InChI=1S/C12H11Cl2N3O/c1-7-16-11(15-2)6-12(17-7)18-10-5-8(13)3-4-9(10)14/h3-6H,1-2H3,(H,15,16,17). The minimum atomic E-state index is 0.413. The number of aryl methyl sites for hydroxylation is 1. The summed E-state index contributed by atoms with van der Waals surface area (Å²) in [6.07, 6.45) is 0. The molecule has 18 heavy (non-hydrogen) atoms. The zero-order valence-electron chi connectivity index (χ0n) is 9.87. The smallest absolute Gasteiger partial charge is 0.224 e. The van der Waals surface area contributed by atoms with Gasteiger partial charge in [-0.3, -0.25) is 0 Å². The number of anilines is 1. The first-order chi connectivity index (χ1) is 8.58. The normalized spacial score (nSPS) is 10.2. The molecule has 1 aromatic heterocycles. The quantitative estimate of drug-likeness (QED) is 0.927. The van der Waals surface area contributed by atoms with E-state index in [0.717, 1.165) is 0 Å². The summed E-state index contributed by atoms with van der Waals surface area (Å²) < 4.78 is 5.61. The minimum Gasteiger partial charge on any atom is -0.437 e. The van der Waals surface area contributed by atoms with E-state index >= 15 is 0 Å². The van der Waals surface area contributed by atoms with Crippen molar-refractivity contribution < 1.29 is 4.74 Å². The Morgan fingerprint density at radius 1 is 1.17 bits per heavy atom. The van der Waals surface area contributed by atoms with Crippen molar-refractivity contribution in [3.63, 3.8) is 0 Å². The lowest BCUT2D eigenvalue weighted by Crippen LogP contribution is -1.98. The molecule has 0 aliphatic rings. The molecule has 0 atom stereocenters. The Morgan fingerprint density at radius 2 is 1.94 bits per heavy atom. The molecule has 2 aromatic rings. The van der Waals surface area contributed by atoms with E-state index in [-0.39, 0.29) is 0 Å². The van der Waals surface area contributed by atoms with Crippen LogP contribution in [0.15, 0.2) is 24.3 Å². The van der Waals surface area contributed by atoms with E-state index in [1.807, 2.05) is 0 Å². The summed E-state index contributed by atoms with van der Waals surface area (Å²) in [5.41, 5.74) is 0. The lowest BCUT2D eigenvalue weighted by molar-refractivity contribution is 0.460. The second-order valence-electron chi connectivity index (χ2n) is 3.57. The Balaban J connectivity index is 2.33. The van der Waals surface area contributed by atoms with Crippen molar-refractivity contribution in [3.8, 4) is 11.6 Å². The average molecular weight is 284 g/mol. The molecule has 1 heterocycles. The fraction of sp³-hybridized carbons (Fsp3) is 0.167. The topological polar surface area (TPSA) is 47.0 Å². The Morgan fingerprint density at radius 3 is 2.67 bits per heavy atom. The lowest BCUT2D eigenvalue weighted by atomic mass is 10.3. The zero-order chi connectivity index (χ0) is 13.1. The molecular formula is C12H11Cl2N3O. The number of ether oxygens (including phenoxy) is 1. The molecule has 1 N–H and O–H groups in total. The number of nitrogens with one attached hydrogen (secondary N) is 1. The number of benzene rings is 1. The van der Waals surface area contributed by atoms with Crippen LogP contribution in [0.25, 0.3) is 0 Å². The minimum absolute atomic E-state index is 0.413. The molecule has 6 heteroatoms. The van der Waals surface area contributed by atoms with Crippen LogP contribution in [0, 0.1) is 6.92 Å². The number of rotatable bonds is 3. The molecule has 0 bridgehead atoms. The molecule has 0 saturated heterocycles. The van der Waals surface area contributed by atoms with E-state index in [1.165, 1.54) is 0 Å². The van der Waals surface area contributed by atoms with E-state index in [4.69, 9.17) is 27.9 Å². The molecular weight excluding hydrogens is 273 g/mol. The van der Waals surface area contributed by atoms with Crippen LogP contribution in [-0.2, 0) is 0 Å². The summed E-state index contributed by atoms with van der Waals surface area (Å²) in [6.45, 7) is 1.78. The van der Waals surface area contributed by atoms with Gasteiger partial charge in [0.2, 0.25) is 5.88 Å². The zero-order valence-corrected chi connectivity index (χ0v) is 11.4. The van der Waals surface area contributed by atoms with Crippen LogP contribution in [0.2, 0.25) is 10.0 Å². The van der Waals surface area contributed by atoms with Crippen molar-refractivity contribution in [1.82, 2.24) is 9.97 Å². The van der Waals surface area contributed by atoms with Crippen molar-refractivity contribution >= 4 is 29.0 Å². The van der Waals surface area contributed by atoms with Gasteiger partial charge in [-0.2, -0.15) is 4.98 Å². The molecule has 0 fully saturated rings. The molecule has 94 valence electrons. The summed E-state index contributed by atoms with van der Waals surface area (Å²) in [6, 6.07) is 6.69. The van der Waals surface area contributed by atoms with E-state index in [1.54, 1.807) is 38.2 Å². The molecule has 0 aliphatic carbocycles. The van der Waals surface area contributed by atoms with Gasteiger partial charge >= 0.3 is 0 Å². The van der Waals surface area contributed by atoms with Crippen LogP contribution in [-0.4, -0.2) is 17.0 Å². The van der Waals surface area contributed by atoms with Crippen LogP contribution in [0.4, 0.5) is 5.82 Å². The number of hydrogen-bond acceptors (Lipinski definition) is 4. The van der Waals surface area contributed by atoms with Crippen LogP contribution in [0.3, 0.4) is 0 Å². The number of aromatic nitrogens is 2. The van der Waals surface area contributed by atoms with Gasteiger partial charge in [0.05, 0.1) is 5.02 Å². The van der Waals surface area contributed by atoms with Crippen molar-refractivity contribution in [2.24, 2.45) is 0 Å².